The van der Waals surface area contributed by atoms with Gasteiger partial charge in [0.1, 0.15) is 5.69 Å². The number of nitrogens with zero attached hydrogens (tertiary/aromatic N) is 2. The predicted molar refractivity (Wildman–Crippen MR) is 79.2 cm³/mol. The van der Waals surface area contributed by atoms with Crippen LogP contribution in [0.3, 0.4) is 0 Å². The molecule has 0 saturated carbocycles. The highest BCUT2D eigenvalue weighted by molar-refractivity contribution is 5.90. The van der Waals surface area contributed by atoms with Crippen molar-refractivity contribution >= 4 is 17.6 Å². The number of anilines is 1. The normalized spacial score (nSPS) is 10.4. The first-order valence-corrected chi connectivity index (χ1v) is 6.70. The third kappa shape index (κ3) is 3.47. The molecule has 2 rings (SSSR count). The maximum atomic E-state index is 11.2. The van der Waals surface area contributed by atoms with Crippen molar-refractivity contribution in [2.45, 2.75) is 26.8 Å². The molecule has 110 valence electrons. The van der Waals surface area contributed by atoms with E-state index in [0.29, 0.717) is 17.9 Å². The average molecular weight is 287 g/mol. The summed E-state index contributed by atoms with van der Waals surface area (Å²) in [5, 5.41) is 16.2. The number of aryl methyl sites for hydroxylation is 1. The molecular weight excluding hydrogens is 270 g/mol. The Morgan fingerprint density at radius 2 is 2.10 bits per heavy atom. The number of aromatic nitrogens is 2. The molecule has 1 heterocycles. The van der Waals surface area contributed by atoms with Gasteiger partial charge in [-0.1, -0.05) is 19.1 Å². The van der Waals surface area contributed by atoms with Crippen LogP contribution in [0.4, 0.5) is 5.69 Å². The minimum atomic E-state index is -1.000. The van der Waals surface area contributed by atoms with Gasteiger partial charge in [-0.3, -0.25) is 9.48 Å². The standard InChI is InChI=1S/C15H17N3O3/c1-3-7-18-14(15(20)21)9-13(17-18)11-5-4-6-12(8-11)16-10(2)19/h4-6,8-9H,3,7H2,1-2H3,(H,16,19)(H,20,21). The van der Waals surface area contributed by atoms with E-state index in [1.54, 1.807) is 24.3 Å². The number of aromatic carboxylic acids is 1. The third-order valence-corrected chi connectivity index (χ3v) is 2.91. The summed E-state index contributed by atoms with van der Waals surface area (Å²) in [5.74, 6) is -1.16. The summed E-state index contributed by atoms with van der Waals surface area (Å²) in [7, 11) is 0. The van der Waals surface area contributed by atoms with E-state index >= 15 is 0 Å². The highest BCUT2D eigenvalue weighted by Gasteiger charge is 2.15. The lowest BCUT2D eigenvalue weighted by atomic mass is 10.1. The number of benzene rings is 1. The first-order valence-electron chi connectivity index (χ1n) is 6.70. The Kier molecular flexibility index (Phi) is 4.37. The second kappa shape index (κ2) is 6.21. The highest BCUT2D eigenvalue weighted by atomic mass is 16.4. The fourth-order valence-electron chi connectivity index (χ4n) is 2.07. The quantitative estimate of drug-likeness (QED) is 0.885. The molecule has 2 N–H and O–H groups in total. The summed E-state index contributed by atoms with van der Waals surface area (Å²) in [6, 6.07) is 8.71. The van der Waals surface area contributed by atoms with Crippen molar-refractivity contribution in [1.29, 1.82) is 0 Å². The van der Waals surface area contributed by atoms with Crippen LogP contribution in [-0.2, 0) is 11.3 Å². The molecular formula is C15H17N3O3. The largest absolute Gasteiger partial charge is 0.477 e. The fourth-order valence-corrected chi connectivity index (χ4v) is 2.07. The van der Waals surface area contributed by atoms with Gasteiger partial charge in [0.25, 0.3) is 0 Å². The number of hydrogen-bond acceptors (Lipinski definition) is 3. The van der Waals surface area contributed by atoms with Crippen molar-refractivity contribution in [2.24, 2.45) is 0 Å². The van der Waals surface area contributed by atoms with Gasteiger partial charge in [0.05, 0.1) is 5.69 Å². The maximum Gasteiger partial charge on any atom is 0.354 e. The van der Waals surface area contributed by atoms with E-state index in [-0.39, 0.29) is 11.6 Å². The minimum Gasteiger partial charge on any atom is -0.477 e. The molecule has 0 saturated heterocycles. The van der Waals surface area contributed by atoms with Crippen LogP contribution in [0, 0.1) is 0 Å². The lowest BCUT2D eigenvalue weighted by Gasteiger charge is -2.04. The predicted octanol–water partition coefficient (Wildman–Crippen LogP) is 2.62. The number of carbonyl (C=O) groups is 2. The van der Waals surface area contributed by atoms with Gasteiger partial charge in [0, 0.05) is 24.7 Å². The molecule has 0 spiro atoms. The lowest BCUT2D eigenvalue weighted by molar-refractivity contribution is -0.114. The van der Waals surface area contributed by atoms with E-state index in [9.17, 15) is 14.7 Å². The summed E-state index contributed by atoms with van der Waals surface area (Å²) in [5.41, 5.74) is 2.16. The van der Waals surface area contributed by atoms with E-state index in [1.807, 2.05) is 13.0 Å². The van der Waals surface area contributed by atoms with Crippen LogP contribution < -0.4 is 5.32 Å². The number of carboxylic acids is 1. The van der Waals surface area contributed by atoms with Crippen molar-refractivity contribution in [3.8, 4) is 11.3 Å². The summed E-state index contributed by atoms with van der Waals surface area (Å²) in [6.45, 7) is 3.95. The molecule has 6 heteroatoms. The molecule has 0 unspecified atom stereocenters. The van der Waals surface area contributed by atoms with Crippen LogP contribution in [0.5, 0.6) is 0 Å². The molecule has 0 aliphatic carbocycles. The molecule has 1 aromatic carbocycles. The number of nitrogens with one attached hydrogen (secondary N) is 1. The molecule has 21 heavy (non-hydrogen) atoms. The zero-order chi connectivity index (χ0) is 15.4. The first kappa shape index (κ1) is 14.8. The Bertz CT molecular complexity index is 677. The monoisotopic (exact) mass is 287 g/mol. The number of carbonyl (C=O) groups excluding carboxylic acids is 1. The van der Waals surface area contributed by atoms with Crippen LogP contribution in [0.15, 0.2) is 30.3 Å². The second-order valence-corrected chi connectivity index (χ2v) is 4.71. The molecule has 0 bridgehead atoms. The van der Waals surface area contributed by atoms with E-state index in [4.69, 9.17) is 0 Å². The zero-order valence-electron chi connectivity index (χ0n) is 12.0. The van der Waals surface area contributed by atoms with Gasteiger partial charge in [-0.2, -0.15) is 5.10 Å². The van der Waals surface area contributed by atoms with Crippen LogP contribution in [0.1, 0.15) is 30.8 Å². The number of carboxylic acid groups (broad SMARTS) is 1. The summed E-state index contributed by atoms with van der Waals surface area (Å²) in [4.78, 5) is 22.3. The van der Waals surface area contributed by atoms with Gasteiger partial charge < -0.3 is 10.4 Å². The van der Waals surface area contributed by atoms with Gasteiger partial charge in [0.2, 0.25) is 5.91 Å². The van der Waals surface area contributed by atoms with Crippen molar-refractivity contribution in [3.63, 3.8) is 0 Å². The van der Waals surface area contributed by atoms with Crippen molar-refractivity contribution in [1.82, 2.24) is 9.78 Å². The Labute approximate surface area is 122 Å². The molecule has 0 aliphatic rings. The number of hydrogen-bond donors (Lipinski definition) is 2. The summed E-state index contributed by atoms with van der Waals surface area (Å²) < 4.78 is 1.49. The SMILES string of the molecule is CCCn1nc(-c2cccc(NC(C)=O)c2)cc1C(=O)O. The van der Waals surface area contributed by atoms with Crippen LogP contribution in [-0.4, -0.2) is 26.8 Å². The Morgan fingerprint density at radius 1 is 1.33 bits per heavy atom. The summed E-state index contributed by atoms with van der Waals surface area (Å²) >= 11 is 0. The number of rotatable bonds is 5. The zero-order valence-corrected chi connectivity index (χ0v) is 12.0. The molecule has 0 fully saturated rings. The topological polar surface area (TPSA) is 84.2 Å². The first-order chi connectivity index (χ1) is 10.0. The van der Waals surface area contributed by atoms with Crippen molar-refractivity contribution in [3.05, 3.63) is 36.0 Å². The van der Waals surface area contributed by atoms with Crippen molar-refractivity contribution in [2.75, 3.05) is 5.32 Å². The Balaban J connectivity index is 2.39. The van der Waals surface area contributed by atoms with Crippen LogP contribution in [0.2, 0.25) is 0 Å². The third-order valence-electron chi connectivity index (χ3n) is 2.91. The van der Waals surface area contributed by atoms with E-state index in [1.165, 1.54) is 11.6 Å². The van der Waals surface area contributed by atoms with E-state index in [2.05, 4.69) is 10.4 Å². The highest BCUT2D eigenvalue weighted by Crippen LogP contribution is 2.23. The Morgan fingerprint density at radius 3 is 2.71 bits per heavy atom. The molecule has 6 nitrogen and oxygen atoms in total. The minimum absolute atomic E-state index is 0.158. The molecule has 0 aliphatic heterocycles. The maximum absolute atomic E-state index is 11.2. The number of amides is 1. The van der Waals surface area contributed by atoms with E-state index in [0.717, 1.165) is 12.0 Å². The average Bonchev–Trinajstić information content (AvgIpc) is 2.83. The molecule has 2 aromatic rings. The smallest absolute Gasteiger partial charge is 0.354 e. The van der Waals surface area contributed by atoms with Crippen molar-refractivity contribution < 1.29 is 14.7 Å². The van der Waals surface area contributed by atoms with Gasteiger partial charge in [-0.05, 0) is 24.6 Å². The van der Waals surface area contributed by atoms with Gasteiger partial charge >= 0.3 is 5.97 Å². The second-order valence-electron chi connectivity index (χ2n) is 4.71. The van der Waals surface area contributed by atoms with Crippen LogP contribution >= 0.6 is 0 Å². The Hall–Kier alpha value is -2.63. The van der Waals surface area contributed by atoms with Gasteiger partial charge in [0.15, 0.2) is 0 Å². The van der Waals surface area contributed by atoms with E-state index < -0.39 is 5.97 Å². The van der Waals surface area contributed by atoms with Crippen LogP contribution in [0.25, 0.3) is 11.3 Å². The fraction of sp³-hybridized carbons (Fsp3) is 0.267. The molecule has 0 radical (unpaired) electrons. The van der Waals surface area contributed by atoms with Gasteiger partial charge in [-0.25, -0.2) is 4.79 Å². The molecule has 1 amide bonds. The van der Waals surface area contributed by atoms with Gasteiger partial charge in [-0.15, -0.1) is 0 Å². The lowest BCUT2D eigenvalue weighted by Crippen LogP contribution is -2.09. The molecule has 1 aromatic heterocycles. The summed E-state index contributed by atoms with van der Waals surface area (Å²) in [6.07, 6.45) is 0.799. The molecule has 0 atom stereocenters.